The standard InChI is InChI=1S/C12H10Cl2N2OS/c1-6(9-5-10(17)16-12(18)15-9)11-7(13)3-2-4-8(11)14/h2-6H,1H3,(H2,15,16,17,18). The van der Waals surface area contributed by atoms with Crippen LogP contribution in [0.2, 0.25) is 10.0 Å². The molecular formula is C12H10Cl2N2OS. The highest BCUT2D eigenvalue weighted by Gasteiger charge is 2.16. The maximum absolute atomic E-state index is 11.4. The summed E-state index contributed by atoms with van der Waals surface area (Å²) in [7, 11) is 0. The van der Waals surface area contributed by atoms with Crippen LogP contribution in [0.5, 0.6) is 0 Å². The van der Waals surface area contributed by atoms with Gasteiger partial charge in [0.1, 0.15) is 0 Å². The van der Waals surface area contributed by atoms with Crippen molar-refractivity contribution in [3.63, 3.8) is 0 Å². The van der Waals surface area contributed by atoms with Crippen molar-refractivity contribution in [3.8, 4) is 0 Å². The zero-order valence-electron chi connectivity index (χ0n) is 9.46. The van der Waals surface area contributed by atoms with Gasteiger partial charge in [0.25, 0.3) is 5.56 Å². The fraction of sp³-hybridized carbons (Fsp3) is 0.167. The van der Waals surface area contributed by atoms with E-state index in [0.29, 0.717) is 15.7 Å². The van der Waals surface area contributed by atoms with Crippen LogP contribution in [0.25, 0.3) is 0 Å². The highest BCUT2D eigenvalue weighted by atomic mass is 35.5. The van der Waals surface area contributed by atoms with Gasteiger partial charge in [-0.05, 0) is 29.9 Å². The van der Waals surface area contributed by atoms with Gasteiger partial charge < -0.3 is 4.98 Å². The van der Waals surface area contributed by atoms with Crippen molar-refractivity contribution in [2.75, 3.05) is 0 Å². The Morgan fingerprint density at radius 1 is 1.22 bits per heavy atom. The molecule has 94 valence electrons. The Morgan fingerprint density at radius 3 is 2.39 bits per heavy atom. The number of H-pyrrole nitrogens is 2. The maximum atomic E-state index is 11.4. The van der Waals surface area contributed by atoms with Crippen LogP contribution < -0.4 is 5.56 Å². The molecule has 0 aliphatic heterocycles. The second-order valence-corrected chi connectivity index (χ2v) is 5.12. The average molecular weight is 301 g/mol. The number of halogens is 2. The lowest BCUT2D eigenvalue weighted by Crippen LogP contribution is -2.11. The summed E-state index contributed by atoms with van der Waals surface area (Å²) >= 11 is 17.2. The second kappa shape index (κ2) is 5.26. The molecule has 1 aromatic carbocycles. The summed E-state index contributed by atoms with van der Waals surface area (Å²) in [5.41, 5.74) is 1.21. The molecule has 0 aliphatic rings. The molecule has 0 saturated heterocycles. The number of aromatic amines is 2. The Kier molecular flexibility index (Phi) is 3.90. The first kappa shape index (κ1) is 13.3. The number of hydrogen-bond donors (Lipinski definition) is 2. The predicted octanol–water partition coefficient (Wildman–Crippen LogP) is 3.89. The number of nitrogens with one attached hydrogen (secondary N) is 2. The Balaban J connectivity index is 2.58. The first-order valence-corrected chi connectivity index (χ1v) is 6.43. The van der Waals surface area contributed by atoms with Crippen LogP contribution in [-0.2, 0) is 0 Å². The van der Waals surface area contributed by atoms with Crippen molar-refractivity contribution in [1.29, 1.82) is 0 Å². The summed E-state index contributed by atoms with van der Waals surface area (Å²) in [6.07, 6.45) is 0. The Hall–Kier alpha value is -1.10. The van der Waals surface area contributed by atoms with E-state index >= 15 is 0 Å². The van der Waals surface area contributed by atoms with Crippen molar-refractivity contribution in [2.24, 2.45) is 0 Å². The Bertz CT molecular complexity index is 644. The fourth-order valence-electron chi connectivity index (χ4n) is 1.80. The van der Waals surface area contributed by atoms with Crippen molar-refractivity contribution in [1.82, 2.24) is 9.97 Å². The summed E-state index contributed by atoms with van der Waals surface area (Å²) in [5, 5.41) is 1.13. The lowest BCUT2D eigenvalue weighted by Gasteiger charge is -2.15. The average Bonchev–Trinajstić information content (AvgIpc) is 2.27. The smallest absolute Gasteiger partial charge is 0.251 e. The molecule has 0 amide bonds. The third kappa shape index (κ3) is 2.66. The summed E-state index contributed by atoms with van der Waals surface area (Å²) in [6.45, 7) is 1.91. The molecule has 2 rings (SSSR count). The topological polar surface area (TPSA) is 48.6 Å². The summed E-state index contributed by atoms with van der Waals surface area (Å²) < 4.78 is 0.285. The molecule has 0 aliphatic carbocycles. The molecule has 18 heavy (non-hydrogen) atoms. The van der Waals surface area contributed by atoms with Gasteiger partial charge >= 0.3 is 0 Å². The third-order valence-electron chi connectivity index (χ3n) is 2.68. The van der Waals surface area contributed by atoms with Crippen LogP contribution >= 0.6 is 35.4 Å². The molecule has 1 heterocycles. The van der Waals surface area contributed by atoms with Crippen molar-refractivity contribution in [3.05, 3.63) is 60.7 Å². The number of hydrogen-bond acceptors (Lipinski definition) is 2. The van der Waals surface area contributed by atoms with Crippen molar-refractivity contribution in [2.45, 2.75) is 12.8 Å². The van der Waals surface area contributed by atoms with E-state index in [9.17, 15) is 4.79 Å². The van der Waals surface area contributed by atoms with Gasteiger partial charge in [0.15, 0.2) is 4.77 Å². The van der Waals surface area contributed by atoms with Crippen LogP contribution in [0.15, 0.2) is 29.1 Å². The van der Waals surface area contributed by atoms with Crippen molar-refractivity contribution < 1.29 is 0 Å². The maximum Gasteiger partial charge on any atom is 0.251 e. The van der Waals surface area contributed by atoms with Gasteiger partial charge in [0.2, 0.25) is 0 Å². The van der Waals surface area contributed by atoms with E-state index in [2.05, 4.69) is 9.97 Å². The van der Waals surface area contributed by atoms with Crippen LogP contribution in [-0.4, -0.2) is 9.97 Å². The number of aromatic nitrogens is 2. The molecule has 2 aromatic rings. The van der Waals surface area contributed by atoms with Gasteiger partial charge in [0, 0.05) is 27.7 Å². The molecule has 1 unspecified atom stereocenters. The first-order chi connectivity index (χ1) is 8.49. The molecule has 1 atom stereocenters. The molecule has 0 bridgehead atoms. The summed E-state index contributed by atoms with van der Waals surface area (Å²) in [5.74, 6) is -0.143. The Labute approximate surface area is 119 Å². The second-order valence-electron chi connectivity index (χ2n) is 3.90. The molecular weight excluding hydrogens is 291 g/mol. The molecule has 3 nitrogen and oxygen atoms in total. The van der Waals surface area contributed by atoms with Gasteiger partial charge in [-0.2, -0.15) is 0 Å². The molecule has 0 spiro atoms. The zero-order chi connectivity index (χ0) is 13.3. The minimum absolute atomic E-state index is 0.143. The van der Waals surface area contributed by atoms with Gasteiger partial charge in [-0.3, -0.25) is 9.78 Å². The monoisotopic (exact) mass is 300 g/mol. The SMILES string of the molecule is CC(c1cc(=O)[nH]c(=S)[nH]1)c1c(Cl)cccc1Cl. The quantitative estimate of drug-likeness (QED) is 0.827. The van der Waals surface area contributed by atoms with Crippen LogP contribution in [0.1, 0.15) is 24.1 Å². The van der Waals surface area contributed by atoms with E-state index in [1.165, 1.54) is 6.07 Å². The van der Waals surface area contributed by atoms with E-state index in [-0.39, 0.29) is 16.2 Å². The molecule has 0 fully saturated rings. The van der Waals surface area contributed by atoms with Gasteiger partial charge in [-0.1, -0.05) is 36.2 Å². The normalized spacial score (nSPS) is 12.4. The first-order valence-electron chi connectivity index (χ1n) is 5.26. The van der Waals surface area contributed by atoms with Gasteiger partial charge in [-0.15, -0.1) is 0 Å². The highest BCUT2D eigenvalue weighted by Crippen LogP contribution is 2.34. The van der Waals surface area contributed by atoms with Gasteiger partial charge in [-0.25, -0.2) is 0 Å². The summed E-state index contributed by atoms with van der Waals surface area (Å²) in [6, 6.07) is 6.77. The van der Waals surface area contributed by atoms with E-state index in [4.69, 9.17) is 35.4 Å². The van der Waals surface area contributed by atoms with Crippen LogP contribution in [0, 0.1) is 4.77 Å². The van der Waals surface area contributed by atoms with E-state index in [1.54, 1.807) is 18.2 Å². The Morgan fingerprint density at radius 2 is 1.83 bits per heavy atom. The fourth-order valence-corrected chi connectivity index (χ4v) is 2.74. The molecule has 2 N–H and O–H groups in total. The van der Waals surface area contributed by atoms with E-state index in [1.807, 2.05) is 6.92 Å². The van der Waals surface area contributed by atoms with E-state index in [0.717, 1.165) is 5.56 Å². The summed E-state index contributed by atoms with van der Waals surface area (Å²) in [4.78, 5) is 16.8. The van der Waals surface area contributed by atoms with Crippen LogP contribution in [0.4, 0.5) is 0 Å². The zero-order valence-corrected chi connectivity index (χ0v) is 11.8. The lowest BCUT2D eigenvalue weighted by atomic mass is 9.97. The molecule has 0 saturated carbocycles. The van der Waals surface area contributed by atoms with Crippen molar-refractivity contribution >= 4 is 35.4 Å². The molecule has 6 heteroatoms. The minimum atomic E-state index is -0.247. The molecule has 0 radical (unpaired) electrons. The number of rotatable bonds is 2. The van der Waals surface area contributed by atoms with E-state index < -0.39 is 0 Å². The largest absolute Gasteiger partial charge is 0.335 e. The lowest BCUT2D eigenvalue weighted by molar-refractivity contribution is 0.847. The minimum Gasteiger partial charge on any atom is -0.335 e. The third-order valence-corrected chi connectivity index (χ3v) is 3.54. The molecule has 1 aromatic heterocycles. The number of benzene rings is 1. The van der Waals surface area contributed by atoms with Gasteiger partial charge in [0.05, 0.1) is 0 Å². The highest BCUT2D eigenvalue weighted by molar-refractivity contribution is 7.71. The van der Waals surface area contributed by atoms with Crippen LogP contribution in [0.3, 0.4) is 0 Å². The predicted molar refractivity (Wildman–Crippen MR) is 76.2 cm³/mol.